The maximum absolute atomic E-state index is 10.6. The molecule has 1 aromatic heterocycles. The zero-order chi connectivity index (χ0) is 9.14. The van der Waals surface area contributed by atoms with Gasteiger partial charge in [0, 0.05) is 0 Å². The number of amides is 1. The molecule has 64 valence electrons. The van der Waals surface area contributed by atoms with Gasteiger partial charge in [-0.25, -0.2) is 4.79 Å². The number of hydrogen-bond donors (Lipinski definition) is 2. The van der Waals surface area contributed by atoms with Crippen molar-refractivity contribution < 1.29 is 19.4 Å². The van der Waals surface area contributed by atoms with Crippen LogP contribution in [0, 0.1) is 0 Å². The predicted molar refractivity (Wildman–Crippen MR) is 39.3 cm³/mol. The first-order valence-electron chi connectivity index (χ1n) is 2.76. The lowest BCUT2D eigenvalue weighted by Gasteiger charge is -1.95. The van der Waals surface area contributed by atoms with Crippen LogP contribution in [0.2, 0.25) is 0 Å². The van der Waals surface area contributed by atoms with E-state index in [0.29, 0.717) is 0 Å². The summed E-state index contributed by atoms with van der Waals surface area (Å²) in [7, 11) is 0. The zero-order valence-corrected chi connectivity index (χ0v) is 6.50. The molecule has 0 atom stereocenters. The normalized spacial score (nSPS) is 9.33. The maximum atomic E-state index is 10.6. The lowest BCUT2D eigenvalue weighted by molar-refractivity contribution is 0.100. The average molecular weight is 188 g/mol. The van der Waals surface area contributed by atoms with Crippen molar-refractivity contribution in [2.45, 2.75) is 0 Å². The Morgan fingerprint density at radius 2 is 2.33 bits per heavy atom. The summed E-state index contributed by atoms with van der Waals surface area (Å²) in [6, 6.07) is 0. The number of ether oxygens (including phenoxy) is 1. The van der Waals surface area contributed by atoms with Gasteiger partial charge in [0.15, 0.2) is 10.6 Å². The minimum absolute atomic E-state index is 0.00241. The molecule has 12 heavy (non-hydrogen) atoms. The number of hydrogen-bond acceptors (Lipinski definition) is 5. The Labute approximate surface area is 70.7 Å². The molecule has 0 spiro atoms. The summed E-state index contributed by atoms with van der Waals surface area (Å²) < 4.78 is 7.76. The molecule has 1 heterocycles. The molecule has 0 radical (unpaired) electrons. The van der Waals surface area contributed by atoms with Gasteiger partial charge in [-0.15, -0.1) is 0 Å². The largest absolute Gasteiger partial charge is 0.511 e. The molecule has 0 aliphatic rings. The third-order valence-electron chi connectivity index (χ3n) is 0.959. The molecule has 0 aliphatic heterocycles. The Balaban J connectivity index is 2.91. The van der Waals surface area contributed by atoms with Gasteiger partial charge in [-0.05, 0) is 11.5 Å². The molecule has 0 bridgehead atoms. The molecule has 0 fully saturated rings. The van der Waals surface area contributed by atoms with E-state index in [1.807, 2.05) is 0 Å². The van der Waals surface area contributed by atoms with Gasteiger partial charge in [0.25, 0.3) is 5.91 Å². The summed E-state index contributed by atoms with van der Waals surface area (Å²) in [5, 5.41) is 8.19. The molecule has 1 amide bonds. The second kappa shape index (κ2) is 3.18. The fourth-order valence-electron chi connectivity index (χ4n) is 0.564. The molecule has 0 aromatic carbocycles. The SMILES string of the molecule is NC(=O)c1sncc1OC(=O)O. The maximum Gasteiger partial charge on any atom is 0.511 e. The molecule has 0 unspecified atom stereocenters. The quantitative estimate of drug-likeness (QED) is 0.649. The van der Waals surface area contributed by atoms with Gasteiger partial charge in [-0.3, -0.25) is 4.79 Å². The molecule has 3 N–H and O–H groups in total. The Bertz CT molecular complexity index is 321. The number of aromatic nitrogens is 1. The molecule has 7 heteroatoms. The first kappa shape index (κ1) is 8.47. The van der Waals surface area contributed by atoms with Gasteiger partial charge in [0.1, 0.15) is 0 Å². The molecule has 0 aliphatic carbocycles. The number of carbonyl (C=O) groups excluding carboxylic acids is 1. The fraction of sp³-hybridized carbons (Fsp3) is 0. The lowest BCUT2D eigenvalue weighted by atomic mass is 10.4. The standard InChI is InChI=1S/C5H4N2O4S/c6-4(8)3-2(1-7-12-3)11-5(9)10/h1H,(H2,6,8)(H,9,10). The minimum atomic E-state index is -1.50. The second-order valence-corrected chi connectivity index (χ2v) is 2.55. The van der Waals surface area contributed by atoms with Crippen LogP contribution in [0.25, 0.3) is 0 Å². The van der Waals surface area contributed by atoms with Crippen molar-refractivity contribution in [3.05, 3.63) is 11.1 Å². The lowest BCUT2D eigenvalue weighted by Crippen LogP contribution is -2.12. The molecule has 6 nitrogen and oxygen atoms in total. The fourth-order valence-corrected chi connectivity index (χ4v) is 1.09. The minimum Gasteiger partial charge on any atom is -0.449 e. The van der Waals surface area contributed by atoms with E-state index in [4.69, 9.17) is 10.8 Å². The topological polar surface area (TPSA) is 103 Å². The first-order valence-corrected chi connectivity index (χ1v) is 3.54. The number of rotatable bonds is 2. The second-order valence-electron chi connectivity index (χ2n) is 1.75. The van der Waals surface area contributed by atoms with Crippen LogP contribution in [0.15, 0.2) is 6.20 Å². The summed E-state index contributed by atoms with van der Waals surface area (Å²) in [6.45, 7) is 0. The summed E-state index contributed by atoms with van der Waals surface area (Å²) in [5.74, 6) is -0.881. The van der Waals surface area contributed by atoms with Crippen LogP contribution in [-0.2, 0) is 0 Å². The van der Waals surface area contributed by atoms with Crippen molar-refractivity contribution >= 4 is 23.6 Å². The van der Waals surface area contributed by atoms with Crippen LogP contribution in [-0.4, -0.2) is 21.5 Å². The molecular weight excluding hydrogens is 184 g/mol. The monoisotopic (exact) mass is 188 g/mol. The van der Waals surface area contributed by atoms with Crippen LogP contribution in [0.4, 0.5) is 4.79 Å². The van der Waals surface area contributed by atoms with Crippen LogP contribution < -0.4 is 10.5 Å². The van der Waals surface area contributed by atoms with Gasteiger partial charge in [0.2, 0.25) is 0 Å². The van der Waals surface area contributed by atoms with Crippen molar-refractivity contribution in [2.24, 2.45) is 5.73 Å². The molecular formula is C5H4N2O4S. The predicted octanol–water partition coefficient (Wildman–Crippen LogP) is 0.299. The van der Waals surface area contributed by atoms with Gasteiger partial charge < -0.3 is 15.6 Å². The van der Waals surface area contributed by atoms with Crippen LogP contribution in [0.3, 0.4) is 0 Å². The smallest absolute Gasteiger partial charge is 0.449 e. The molecule has 0 saturated carbocycles. The van der Waals surface area contributed by atoms with Crippen molar-refractivity contribution in [2.75, 3.05) is 0 Å². The van der Waals surface area contributed by atoms with E-state index >= 15 is 0 Å². The van der Waals surface area contributed by atoms with Crippen molar-refractivity contribution in [3.8, 4) is 5.75 Å². The Hall–Kier alpha value is -1.63. The molecule has 1 aromatic rings. The summed E-state index contributed by atoms with van der Waals surface area (Å²) >= 11 is 0.787. The third kappa shape index (κ3) is 1.70. The number of carboxylic acid groups (broad SMARTS) is 1. The van der Waals surface area contributed by atoms with E-state index in [2.05, 4.69) is 9.11 Å². The molecule has 1 rings (SSSR count). The van der Waals surface area contributed by atoms with Crippen LogP contribution >= 0.6 is 11.5 Å². The van der Waals surface area contributed by atoms with Gasteiger partial charge in [-0.1, -0.05) is 0 Å². The van der Waals surface area contributed by atoms with Gasteiger partial charge in [0.05, 0.1) is 6.20 Å². The van der Waals surface area contributed by atoms with Crippen LogP contribution in [0.1, 0.15) is 9.67 Å². The van der Waals surface area contributed by atoms with Gasteiger partial charge in [-0.2, -0.15) is 4.37 Å². The summed E-state index contributed by atoms with van der Waals surface area (Å²) in [5.41, 5.74) is 4.89. The van der Waals surface area contributed by atoms with E-state index < -0.39 is 12.1 Å². The highest BCUT2D eigenvalue weighted by Crippen LogP contribution is 2.20. The number of carbonyl (C=O) groups is 2. The number of nitrogens with two attached hydrogens (primary N) is 1. The Morgan fingerprint density at radius 3 is 2.83 bits per heavy atom. The highest BCUT2D eigenvalue weighted by atomic mass is 32.1. The van der Waals surface area contributed by atoms with Crippen molar-refractivity contribution in [1.29, 1.82) is 0 Å². The summed E-state index contributed by atoms with van der Waals surface area (Å²) in [4.78, 5) is 20.6. The highest BCUT2D eigenvalue weighted by molar-refractivity contribution is 7.08. The van der Waals surface area contributed by atoms with E-state index in [-0.39, 0.29) is 10.6 Å². The van der Waals surface area contributed by atoms with Crippen molar-refractivity contribution in [1.82, 2.24) is 4.37 Å². The number of nitrogens with zero attached hydrogens (tertiary/aromatic N) is 1. The highest BCUT2D eigenvalue weighted by Gasteiger charge is 2.14. The summed E-state index contributed by atoms with van der Waals surface area (Å²) in [6.07, 6.45) is -0.378. The molecule has 0 saturated heterocycles. The van der Waals surface area contributed by atoms with Crippen LogP contribution in [0.5, 0.6) is 5.75 Å². The van der Waals surface area contributed by atoms with E-state index in [9.17, 15) is 9.59 Å². The van der Waals surface area contributed by atoms with Gasteiger partial charge >= 0.3 is 6.16 Å². The zero-order valence-electron chi connectivity index (χ0n) is 5.68. The third-order valence-corrected chi connectivity index (χ3v) is 1.75. The van der Waals surface area contributed by atoms with E-state index in [1.165, 1.54) is 0 Å². The Morgan fingerprint density at radius 1 is 1.67 bits per heavy atom. The van der Waals surface area contributed by atoms with Crippen molar-refractivity contribution in [3.63, 3.8) is 0 Å². The Kier molecular flexibility index (Phi) is 2.24. The van der Waals surface area contributed by atoms with E-state index in [1.54, 1.807) is 0 Å². The number of primary amides is 1. The first-order chi connectivity index (χ1) is 5.61. The van der Waals surface area contributed by atoms with E-state index in [0.717, 1.165) is 17.7 Å². The average Bonchev–Trinajstić information content (AvgIpc) is 2.33.